The first-order valence-electron chi connectivity index (χ1n) is 4.66. The molecule has 4 heteroatoms. The van der Waals surface area contributed by atoms with Crippen molar-refractivity contribution in [3.63, 3.8) is 0 Å². The van der Waals surface area contributed by atoms with Crippen molar-refractivity contribution in [2.45, 2.75) is 25.7 Å². The second-order valence-corrected chi connectivity index (χ2v) is 3.65. The molecule has 1 N–H and O–H groups in total. The molecule has 2 heterocycles. The van der Waals surface area contributed by atoms with E-state index in [1.54, 1.807) is 0 Å². The summed E-state index contributed by atoms with van der Waals surface area (Å²) in [6.45, 7) is 5.91. The number of fused-ring (bicyclic) bond motifs is 1. The number of anilines is 1. The van der Waals surface area contributed by atoms with Crippen molar-refractivity contribution in [2.75, 3.05) is 11.1 Å². The molecule has 1 aromatic heterocycles. The van der Waals surface area contributed by atoms with Crippen molar-refractivity contribution in [1.29, 1.82) is 0 Å². The highest BCUT2D eigenvalue weighted by Gasteiger charge is 2.15. The molecular formula is C10H16N2OS. The van der Waals surface area contributed by atoms with Crippen molar-refractivity contribution in [3.8, 4) is 0 Å². The van der Waals surface area contributed by atoms with Crippen LogP contribution >= 0.6 is 11.8 Å². The van der Waals surface area contributed by atoms with Crippen LogP contribution in [0.4, 0.5) is 5.82 Å². The molecule has 0 unspecified atom stereocenters. The number of nitrogens with one attached hydrogen (secondary N) is 1. The fraction of sp³-hybridized carbons (Fsp3) is 0.400. The van der Waals surface area contributed by atoms with E-state index in [0.29, 0.717) is 11.6 Å². The van der Waals surface area contributed by atoms with Gasteiger partial charge in [-0.15, -0.1) is 11.8 Å². The zero-order chi connectivity index (χ0) is 10.6. The van der Waals surface area contributed by atoms with Crippen LogP contribution in [0.3, 0.4) is 0 Å². The summed E-state index contributed by atoms with van der Waals surface area (Å²) in [5.74, 6) is 1.24. The van der Waals surface area contributed by atoms with E-state index < -0.39 is 0 Å². The van der Waals surface area contributed by atoms with Crippen molar-refractivity contribution in [1.82, 2.24) is 4.98 Å². The molecule has 2 rings (SSSR count). The van der Waals surface area contributed by atoms with Crippen LogP contribution in [0.1, 0.15) is 21.0 Å². The monoisotopic (exact) mass is 212 g/mol. The number of nitrogens with zero attached hydrogens (tertiary/aromatic N) is 1. The van der Waals surface area contributed by atoms with E-state index in [1.165, 1.54) is 11.8 Å². The number of carbonyl (C=O) groups is 1. The summed E-state index contributed by atoms with van der Waals surface area (Å²) < 4.78 is 0. The molecule has 1 aliphatic heterocycles. The van der Waals surface area contributed by atoms with Crippen molar-refractivity contribution in [2.24, 2.45) is 0 Å². The van der Waals surface area contributed by atoms with Crippen LogP contribution in [0.5, 0.6) is 0 Å². The van der Waals surface area contributed by atoms with E-state index in [9.17, 15) is 4.79 Å². The summed E-state index contributed by atoms with van der Waals surface area (Å²) in [5, 5.41) is 2.73. The van der Waals surface area contributed by atoms with Gasteiger partial charge in [0.2, 0.25) is 5.91 Å². The van der Waals surface area contributed by atoms with Crippen molar-refractivity contribution in [3.05, 3.63) is 17.8 Å². The second-order valence-electron chi connectivity index (χ2n) is 2.64. The number of thioether (sulfide) groups is 1. The van der Waals surface area contributed by atoms with Crippen LogP contribution in [-0.2, 0) is 4.79 Å². The molecule has 0 bridgehead atoms. The lowest BCUT2D eigenvalue weighted by Gasteiger charge is -2.14. The van der Waals surface area contributed by atoms with E-state index in [2.05, 4.69) is 10.3 Å². The fourth-order valence-electron chi connectivity index (χ4n) is 1.06. The van der Waals surface area contributed by atoms with Gasteiger partial charge in [0.1, 0.15) is 5.82 Å². The third kappa shape index (κ3) is 2.48. The molecule has 0 radical (unpaired) electrons. The average molecular weight is 212 g/mol. The normalized spacial score (nSPS) is 13.5. The maximum atomic E-state index is 11.0. The first kappa shape index (κ1) is 11.0. The van der Waals surface area contributed by atoms with Crippen LogP contribution in [0, 0.1) is 6.92 Å². The predicted octanol–water partition coefficient (Wildman–Crippen LogP) is 2.71. The molecule has 3 nitrogen and oxygen atoms in total. The molecule has 1 amide bonds. The zero-order valence-corrected chi connectivity index (χ0v) is 9.44. The Kier molecular flexibility index (Phi) is 3.95. The lowest BCUT2D eigenvalue weighted by molar-refractivity contribution is -0.113. The van der Waals surface area contributed by atoms with Crippen molar-refractivity contribution >= 4 is 23.5 Å². The first-order valence-corrected chi connectivity index (χ1v) is 5.64. The van der Waals surface area contributed by atoms with Crippen molar-refractivity contribution < 1.29 is 6.22 Å². The lowest BCUT2D eigenvalue weighted by atomic mass is 10.3. The Morgan fingerprint density at radius 2 is 2.21 bits per heavy atom. The average Bonchev–Trinajstić information content (AvgIpc) is 2.20. The minimum atomic E-state index is 0. The summed E-state index contributed by atoms with van der Waals surface area (Å²) >= 11 is 1.53. The number of amides is 1. The van der Waals surface area contributed by atoms with Gasteiger partial charge in [-0.25, -0.2) is 4.98 Å². The van der Waals surface area contributed by atoms with Gasteiger partial charge < -0.3 is 5.32 Å². The van der Waals surface area contributed by atoms with E-state index >= 15 is 0 Å². The molecule has 0 saturated carbocycles. The molecule has 78 valence electrons. The van der Waals surface area contributed by atoms with Gasteiger partial charge in [-0.2, -0.15) is 0 Å². The quantitative estimate of drug-likeness (QED) is 0.719. The smallest absolute Gasteiger partial charge is 0.235 e. The molecule has 0 aromatic carbocycles. The first-order chi connectivity index (χ1) is 6.75. The van der Waals surface area contributed by atoms with E-state index in [-0.39, 0.29) is 7.33 Å². The van der Waals surface area contributed by atoms with Gasteiger partial charge in [-0.05, 0) is 19.1 Å². The molecular weight excluding hydrogens is 196 g/mol. The van der Waals surface area contributed by atoms with E-state index in [1.807, 2.05) is 32.9 Å². The largest absolute Gasteiger partial charge is 0.309 e. The van der Waals surface area contributed by atoms with Gasteiger partial charge in [-0.3, -0.25) is 4.79 Å². The Morgan fingerprint density at radius 1 is 1.50 bits per heavy atom. The summed E-state index contributed by atoms with van der Waals surface area (Å²) in [6.07, 6.45) is 0. The maximum absolute atomic E-state index is 11.0. The molecule has 0 spiro atoms. The van der Waals surface area contributed by atoms with Crippen LogP contribution in [-0.4, -0.2) is 16.6 Å². The lowest BCUT2D eigenvalue weighted by Crippen LogP contribution is -2.19. The molecule has 0 saturated heterocycles. The zero-order valence-electron chi connectivity index (χ0n) is 8.63. The number of hydrogen-bond donors (Lipinski definition) is 1. The molecule has 0 atom stereocenters. The standard InChI is InChI=1S/C8H8N2OS.C2H6.H2/c1-5-2-3-6-8(9-5)10-7(11)4-12-6;1-2;/h2-3H,4H2,1H3,(H,9,10,11);1-2H3;1H. The number of aryl methyl sites for hydroxylation is 1. The maximum Gasteiger partial charge on any atom is 0.235 e. The Morgan fingerprint density at radius 3 is 2.93 bits per heavy atom. The minimum Gasteiger partial charge on any atom is -0.309 e. The number of rotatable bonds is 0. The number of pyridine rings is 1. The Bertz CT molecular complexity index is 344. The third-order valence-electron chi connectivity index (χ3n) is 1.61. The highest BCUT2D eigenvalue weighted by atomic mass is 32.2. The van der Waals surface area contributed by atoms with Gasteiger partial charge in [0.15, 0.2) is 0 Å². The van der Waals surface area contributed by atoms with Crippen LogP contribution in [0.25, 0.3) is 0 Å². The Balaban J connectivity index is 0.000000617. The molecule has 0 aliphatic carbocycles. The summed E-state index contributed by atoms with van der Waals surface area (Å²) in [5.41, 5.74) is 0.927. The number of carbonyl (C=O) groups excluding carboxylic acids is 1. The van der Waals surface area contributed by atoms with E-state index in [0.717, 1.165) is 10.6 Å². The van der Waals surface area contributed by atoms with Crippen LogP contribution < -0.4 is 5.32 Å². The minimum absolute atomic E-state index is 0. The van der Waals surface area contributed by atoms with Gasteiger partial charge in [0, 0.05) is 7.12 Å². The predicted molar refractivity (Wildman–Crippen MR) is 61.8 cm³/mol. The highest BCUT2D eigenvalue weighted by molar-refractivity contribution is 8.00. The summed E-state index contributed by atoms with van der Waals surface area (Å²) in [6, 6.07) is 3.94. The van der Waals surface area contributed by atoms with Crippen LogP contribution in [0.15, 0.2) is 17.0 Å². The number of aromatic nitrogens is 1. The van der Waals surface area contributed by atoms with E-state index in [4.69, 9.17) is 0 Å². The Labute approximate surface area is 89.8 Å². The van der Waals surface area contributed by atoms with Crippen LogP contribution in [0.2, 0.25) is 0 Å². The summed E-state index contributed by atoms with van der Waals surface area (Å²) in [7, 11) is 0. The van der Waals surface area contributed by atoms with Gasteiger partial charge in [0.25, 0.3) is 0 Å². The summed E-state index contributed by atoms with van der Waals surface area (Å²) in [4.78, 5) is 16.2. The molecule has 1 aromatic rings. The molecule has 1 aliphatic rings. The molecule has 14 heavy (non-hydrogen) atoms. The SMILES string of the molecule is CC.Cc1ccc2c(n1)NC(=O)CS2.[HH]. The topological polar surface area (TPSA) is 42.0 Å². The second kappa shape index (κ2) is 5.00. The molecule has 0 fully saturated rings. The van der Waals surface area contributed by atoms with Gasteiger partial charge >= 0.3 is 0 Å². The van der Waals surface area contributed by atoms with Gasteiger partial charge in [-0.1, -0.05) is 13.8 Å². The number of hydrogen-bond acceptors (Lipinski definition) is 3. The Hall–Kier alpha value is -1.03. The fourth-order valence-corrected chi connectivity index (χ4v) is 1.82. The third-order valence-corrected chi connectivity index (χ3v) is 2.66. The highest BCUT2D eigenvalue weighted by Crippen LogP contribution is 2.29. The van der Waals surface area contributed by atoms with Gasteiger partial charge in [0.05, 0.1) is 10.6 Å².